The number of anilines is 1. The number of carbonyl (C=O) groups excluding carboxylic acids is 4. The van der Waals surface area contributed by atoms with Gasteiger partial charge in [-0.2, -0.15) is 10.5 Å². The Hall–Kier alpha value is -8.74. The highest BCUT2D eigenvalue weighted by Crippen LogP contribution is 2.51. The highest BCUT2D eigenvalue weighted by molar-refractivity contribution is 7.97. The van der Waals surface area contributed by atoms with Crippen LogP contribution in [0.15, 0.2) is 89.0 Å². The van der Waals surface area contributed by atoms with Gasteiger partial charge in [0.25, 0.3) is 0 Å². The first-order valence-corrected chi connectivity index (χ1v) is 39.6. The molecule has 11 heterocycles. The van der Waals surface area contributed by atoms with Crippen LogP contribution in [0.3, 0.4) is 0 Å². The van der Waals surface area contributed by atoms with E-state index >= 15 is 8.78 Å². The van der Waals surface area contributed by atoms with Crippen LogP contribution in [0.1, 0.15) is 227 Å². The van der Waals surface area contributed by atoms with E-state index in [4.69, 9.17) is 41.4 Å². The fourth-order valence-electron chi connectivity index (χ4n) is 14.6. The molecule has 5 aromatic rings. The summed E-state index contributed by atoms with van der Waals surface area (Å²) >= 11 is 0. The molecule has 4 N–H and O–H groups in total. The van der Waals surface area contributed by atoms with Crippen molar-refractivity contribution < 1.29 is 54.4 Å². The summed E-state index contributed by atoms with van der Waals surface area (Å²) in [4.78, 5) is 87.6. The maximum atomic E-state index is 15.6. The number of aromatic nitrogens is 5. The second-order valence-corrected chi connectivity index (χ2v) is 40.3. The molecule has 0 saturated carbocycles. The van der Waals surface area contributed by atoms with Crippen LogP contribution in [-0.2, 0) is 77.7 Å². The zero-order valence-corrected chi connectivity index (χ0v) is 65.1. The molecule has 0 bridgehead atoms. The van der Waals surface area contributed by atoms with Gasteiger partial charge in [-0.25, -0.2) is 43.9 Å². The lowest BCUT2D eigenvalue weighted by Gasteiger charge is -2.48. The van der Waals surface area contributed by atoms with E-state index in [1.807, 2.05) is 12.1 Å². The molecule has 6 aliphatic heterocycles. The van der Waals surface area contributed by atoms with E-state index in [2.05, 4.69) is 43.0 Å². The number of nitriles is 2. The summed E-state index contributed by atoms with van der Waals surface area (Å²) in [6.45, 7) is 31.1. The predicted molar refractivity (Wildman–Crippen MR) is 398 cm³/mol. The van der Waals surface area contributed by atoms with E-state index < -0.39 is 116 Å². The quantitative estimate of drug-likeness (QED) is 0.0816. The molecule has 0 radical (unpaired) electrons. The molecule has 30 heteroatoms. The molecule has 6 aliphatic rings. The molecule has 24 nitrogen and oxygen atoms in total. The van der Waals surface area contributed by atoms with Crippen LogP contribution in [0.2, 0.25) is 0 Å². The second kappa shape index (κ2) is 29.2. The van der Waals surface area contributed by atoms with Gasteiger partial charge in [0.2, 0.25) is 0 Å². The number of pyridine rings is 5. The van der Waals surface area contributed by atoms with Gasteiger partial charge in [0, 0.05) is 54.8 Å². The summed E-state index contributed by atoms with van der Waals surface area (Å²) in [5.41, 5.74) is 10.4. The van der Waals surface area contributed by atoms with Crippen LogP contribution in [-0.4, -0.2) is 139 Å². The normalized spacial score (nSPS) is 27.6. The minimum absolute atomic E-state index is 0.00980. The third kappa shape index (κ3) is 15.4. The van der Waals surface area contributed by atoms with Crippen molar-refractivity contribution in [3.05, 3.63) is 140 Å². The lowest BCUT2D eigenvalue weighted by Crippen LogP contribution is -2.60. The van der Waals surface area contributed by atoms with Crippen molar-refractivity contribution in [2.24, 2.45) is 33.8 Å². The Balaban J connectivity index is 0.000000185. The van der Waals surface area contributed by atoms with Gasteiger partial charge in [0.05, 0.1) is 91.2 Å². The Morgan fingerprint density at radius 3 is 1.19 bits per heavy atom. The van der Waals surface area contributed by atoms with Crippen LogP contribution >= 0.6 is 0 Å². The third-order valence-corrected chi connectivity index (χ3v) is 31.4. The van der Waals surface area contributed by atoms with Crippen LogP contribution in [0.25, 0.3) is 0 Å². The Kier molecular flexibility index (Phi) is 22.3. The van der Waals surface area contributed by atoms with Crippen molar-refractivity contribution in [1.29, 1.82) is 10.5 Å². The fraction of sp³-hybridized carbons (Fsp3) is 0.547. The Labute approximate surface area is 613 Å². The standard InChI is InChI=1S/C30H36FN5O4S.C24H27FN6O2S.C21H31FN4O3S/c1-18-13-19(16-32)17-33-26(18)22(37)14-20-10-11-21(31)27(35-20)30(7)24-9-8-12-34-41(24,39)29(5,6)23(36-30)15-25(38)40-28(2,3)4;1-14-10-15(12-26)13-28-20(14)18(32)11-16-7-8-17(25)21(30-16)24(4)19-6-5-9-29-34(19,33)23(2,3)22(27)31-24;1-19(2,3)29-17(27)12-14-20(4,5)30(28)15(8-7-11-24-30)21(6,26-14)18-13(22)9-10-16(23)25-18/h10-11,13,17,24H,8-9,12,14-15H2,1-7H3;7-8,10,13,19H,5-6,9,11H2,1-4H3,(H2,27,31);9-10,15H,7-8,11-12H2,1-6H3,(H2,23,25)/t24-,30-,41+;19-,24-,34+;15-,21-,30+/m000/s1. The highest BCUT2D eigenvalue weighted by Gasteiger charge is 2.60. The number of carbonyl (C=O) groups is 4. The van der Waals surface area contributed by atoms with Gasteiger partial charge in [-0.3, -0.25) is 54.1 Å². The number of hydrogen-bond acceptors (Lipinski definition) is 24. The number of nitrogens with two attached hydrogens (primary N) is 2. The van der Waals surface area contributed by atoms with E-state index in [1.165, 1.54) is 48.8 Å². The Morgan fingerprint density at radius 2 is 0.848 bits per heavy atom. The van der Waals surface area contributed by atoms with E-state index in [1.54, 1.807) is 130 Å². The molecule has 5 aromatic heterocycles. The van der Waals surface area contributed by atoms with Crippen molar-refractivity contribution >= 4 is 75.8 Å². The molecule has 105 heavy (non-hydrogen) atoms. The number of ketones is 2. The Bertz CT molecular complexity index is 4980. The average Bonchev–Trinajstić information content (AvgIpc) is 0.716. The van der Waals surface area contributed by atoms with Gasteiger partial charge in [0.15, 0.2) is 11.6 Å². The summed E-state index contributed by atoms with van der Waals surface area (Å²) in [7, 11) is -8.80. The Morgan fingerprint density at radius 1 is 0.514 bits per heavy atom. The van der Waals surface area contributed by atoms with E-state index in [0.717, 1.165) is 6.42 Å². The maximum absolute atomic E-state index is 15.6. The molecule has 9 atom stereocenters. The molecule has 0 aromatic carbocycles. The topological polar surface area (TPSA) is 376 Å². The number of amidine groups is 1. The molecular formula is C75H94F3N15O9S3. The molecule has 0 amide bonds. The zero-order chi connectivity index (χ0) is 77.8. The predicted octanol–water partition coefficient (Wildman–Crippen LogP) is 11.9. The molecule has 0 saturated heterocycles. The van der Waals surface area contributed by atoms with Crippen molar-refractivity contribution in [3.8, 4) is 12.1 Å². The summed E-state index contributed by atoms with van der Waals surface area (Å²) in [5, 5.41) is 16.4. The fourth-order valence-corrected chi connectivity index (χ4v) is 24.5. The summed E-state index contributed by atoms with van der Waals surface area (Å²) in [6.07, 6.45) is 5.75. The average molecular weight is 1500 g/mol. The molecular weight excluding hydrogens is 1410 g/mol. The first kappa shape index (κ1) is 80.4. The van der Waals surface area contributed by atoms with Crippen molar-refractivity contribution in [2.45, 2.75) is 240 Å². The van der Waals surface area contributed by atoms with Crippen molar-refractivity contribution in [3.63, 3.8) is 0 Å². The van der Waals surface area contributed by atoms with E-state index in [0.29, 0.717) is 96.8 Å². The minimum atomic E-state index is -3.04. The third-order valence-electron chi connectivity index (χ3n) is 20.3. The first-order valence-electron chi connectivity index (χ1n) is 34.8. The van der Waals surface area contributed by atoms with Gasteiger partial charge in [-0.05, 0) is 216 Å². The van der Waals surface area contributed by atoms with Crippen LogP contribution in [0.5, 0.6) is 0 Å². The largest absolute Gasteiger partial charge is 0.460 e. The number of rotatable bonds is 13. The molecule has 0 fully saturated rings. The number of aryl methyl sites for hydroxylation is 2. The highest BCUT2D eigenvalue weighted by atomic mass is 32.2. The van der Waals surface area contributed by atoms with Gasteiger partial charge >= 0.3 is 11.9 Å². The van der Waals surface area contributed by atoms with Gasteiger partial charge < -0.3 is 20.9 Å². The molecule has 0 unspecified atom stereocenters. The monoisotopic (exact) mass is 1500 g/mol. The van der Waals surface area contributed by atoms with Gasteiger partial charge in [-0.1, -0.05) is 0 Å². The lowest BCUT2D eigenvalue weighted by molar-refractivity contribution is -0.154. The van der Waals surface area contributed by atoms with Gasteiger partial charge in [-0.15, -0.1) is 0 Å². The molecule has 562 valence electrons. The summed E-state index contributed by atoms with van der Waals surface area (Å²) < 4.78 is 111. The van der Waals surface area contributed by atoms with E-state index in [9.17, 15) is 36.2 Å². The number of hydrogen-bond donors (Lipinski definition) is 2. The number of ether oxygens (including phenoxy) is 2. The molecule has 0 aliphatic carbocycles. The number of halogens is 3. The number of nitrogens with zero attached hydrogens (tertiary/aromatic N) is 13. The summed E-state index contributed by atoms with van der Waals surface area (Å²) in [6, 6.07) is 15.1. The SMILES string of the molecule is CC(C)(C)OC(=O)CC1=N[C@](C)(c2nc(N)ccc2F)[C@@H]2CCCN=[S@]2(=O)C1(C)C.Cc1cc(C#N)cnc1C(=O)Cc1ccc(F)c([C@@]2(C)N=C(CC(=O)OC(C)(C)C)C(C)(C)[S@@]3(=O)=NCCC[C@@H]23)n1.Cc1cc(C#N)cnc1C(=O)Cc1ccc(F)c([C@@]2(C)N=C(N)C(C)(C)[S@@]3(=O)=NCCC[C@@H]23)n1. The number of esters is 2. The number of aliphatic imine (C=N–C) groups is 3. The number of nitrogen functional groups attached to an aromatic ring is 1. The molecule has 0 spiro atoms. The second-order valence-electron chi connectivity index (χ2n) is 31.3. The minimum Gasteiger partial charge on any atom is -0.460 e. The first-order chi connectivity index (χ1) is 48.7. The zero-order valence-electron chi connectivity index (χ0n) is 62.7. The summed E-state index contributed by atoms with van der Waals surface area (Å²) in [5.74, 6) is -3.16. The van der Waals surface area contributed by atoms with Crippen LogP contribution in [0.4, 0.5) is 19.0 Å². The van der Waals surface area contributed by atoms with Crippen molar-refractivity contribution in [2.75, 3.05) is 25.4 Å². The lowest BCUT2D eigenvalue weighted by atomic mass is 9.87. The van der Waals surface area contributed by atoms with Crippen LogP contribution < -0.4 is 11.5 Å². The van der Waals surface area contributed by atoms with Crippen LogP contribution in [0, 0.1) is 54.0 Å². The number of fused-ring (bicyclic) bond motifs is 3. The molecule has 11 rings (SSSR count). The van der Waals surface area contributed by atoms with Crippen molar-refractivity contribution in [1.82, 2.24) is 24.9 Å². The number of Topliss-reactive ketones (excluding diaryl/α,β-unsaturated/α-hetero) is 2. The maximum Gasteiger partial charge on any atom is 0.312 e. The van der Waals surface area contributed by atoms with Gasteiger partial charge in [0.1, 0.15) is 102 Å². The smallest absolute Gasteiger partial charge is 0.312 e. The van der Waals surface area contributed by atoms with E-state index in [-0.39, 0.29) is 77.4 Å².